The van der Waals surface area contributed by atoms with Crippen molar-refractivity contribution >= 4 is 18.0 Å². The zero-order chi connectivity index (χ0) is 16.7. The lowest BCUT2D eigenvalue weighted by Gasteiger charge is -2.22. The normalized spacial score (nSPS) is 16.7. The maximum absolute atomic E-state index is 12.1. The van der Waals surface area contributed by atoms with Gasteiger partial charge in [0.1, 0.15) is 19.2 Å². The van der Waals surface area contributed by atoms with E-state index in [9.17, 15) is 14.4 Å². The molecule has 1 aromatic rings. The number of likely N-dealkylation sites (tertiary alicyclic amines) is 1. The molecule has 23 heavy (non-hydrogen) atoms. The van der Waals surface area contributed by atoms with Gasteiger partial charge >= 0.3 is 12.1 Å². The third-order valence-electron chi connectivity index (χ3n) is 3.64. The van der Waals surface area contributed by atoms with Gasteiger partial charge in [-0.25, -0.2) is 9.59 Å². The van der Waals surface area contributed by atoms with E-state index in [1.807, 2.05) is 30.3 Å². The van der Waals surface area contributed by atoms with Gasteiger partial charge in [-0.15, -0.1) is 0 Å². The molecule has 1 heterocycles. The molecule has 0 saturated carbocycles. The van der Waals surface area contributed by atoms with Crippen molar-refractivity contribution in [3.63, 3.8) is 0 Å². The molecule has 0 spiro atoms. The summed E-state index contributed by atoms with van der Waals surface area (Å²) in [6, 6.07) is 8.68. The van der Waals surface area contributed by atoms with Crippen molar-refractivity contribution in [1.82, 2.24) is 10.2 Å². The quantitative estimate of drug-likeness (QED) is 0.821. The molecule has 7 heteroatoms. The number of hydrogen-bond acceptors (Lipinski definition) is 5. The van der Waals surface area contributed by atoms with Gasteiger partial charge < -0.3 is 19.7 Å². The Bertz CT molecular complexity index is 561. The van der Waals surface area contributed by atoms with Crippen LogP contribution in [0.5, 0.6) is 0 Å². The highest BCUT2D eigenvalue weighted by atomic mass is 16.5. The van der Waals surface area contributed by atoms with Crippen LogP contribution in [0.2, 0.25) is 0 Å². The topological polar surface area (TPSA) is 84.9 Å². The summed E-state index contributed by atoms with van der Waals surface area (Å²) in [6.07, 6.45) is 0.650. The van der Waals surface area contributed by atoms with E-state index in [2.05, 4.69) is 10.1 Å². The molecule has 124 valence electrons. The van der Waals surface area contributed by atoms with Gasteiger partial charge in [-0.1, -0.05) is 30.3 Å². The first-order chi connectivity index (χ1) is 11.1. The zero-order valence-corrected chi connectivity index (χ0v) is 13.0. The number of nitrogens with one attached hydrogen (secondary N) is 1. The molecule has 1 unspecified atom stereocenters. The molecule has 0 bridgehead atoms. The monoisotopic (exact) mass is 320 g/mol. The van der Waals surface area contributed by atoms with Gasteiger partial charge in [0.05, 0.1) is 7.11 Å². The van der Waals surface area contributed by atoms with Crippen LogP contribution >= 0.6 is 0 Å². The SMILES string of the molecule is COC(=O)C1CCCN1C(=O)CNC(=O)OCc1ccccc1. The number of rotatable bonds is 5. The summed E-state index contributed by atoms with van der Waals surface area (Å²) in [6.45, 7) is 0.413. The zero-order valence-electron chi connectivity index (χ0n) is 13.0. The van der Waals surface area contributed by atoms with Crippen molar-refractivity contribution in [2.24, 2.45) is 0 Å². The lowest BCUT2D eigenvalue weighted by Crippen LogP contribution is -2.45. The second kappa shape index (κ2) is 8.17. The summed E-state index contributed by atoms with van der Waals surface area (Å²) in [4.78, 5) is 36.7. The maximum atomic E-state index is 12.1. The summed E-state index contributed by atoms with van der Waals surface area (Å²) < 4.78 is 9.71. The summed E-state index contributed by atoms with van der Waals surface area (Å²) >= 11 is 0. The number of nitrogens with zero attached hydrogens (tertiary/aromatic N) is 1. The molecule has 0 aliphatic carbocycles. The fraction of sp³-hybridized carbons (Fsp3) is 0.438. The number of benzene rings is 1. The highest BCUT2D eigenvalue weighted by Gasteiger charge is 2.34. The molecule has 1 aliphatic rings. The van der Waals surface area contributed by atoms with Crippen LogP contribution in [0.4, 0.5) is 4.79 Å². The summed E-state index contributed by atoms with van der Waals surface area (Å²) in [5.74, 6) is -0.753. The summed E-state index contributed by atoms with van der Waals surface area (Å²) in [5, 5.41) is 2.40. The average molecular weight is 320 g/mol. The first-order valence-corrected chi connectivity index (χ1v) is 7.43. The van der Waals surface area contributed by atoms with E-state index in [4.69, 9.17) is 4.74 Å². The molecule has 0 radical (unpaired) electrons. The number of esters is 1. The molecule has 0 aromatic heterocycles. The third kappa shape index (κ3) is 4.70. The Balaban J connectivity index is 1.75. The maximum Gasteiger partial charge on any atom is 0.407 e. The van der Waals surface area contributed by atoms with E-state index in [1.165, 1.54) is 12.0 Å². The van der Waals surface area contributed by atoms with Crippen LogP contribution in [0.25, 0.3) is 0 Å². The predicted molar refractivity (Wildman–Crippen MR) is 81.4 cm³/mol. The lowest BCUT2D eigenvalue weighted by atomic mass is 10.2. The van der Waals surface area contributed by atoms with E-state index in [0.29, 0.717) is 13.0 Å². The molecule has 1 N–H and O–H groups in total. The summed E-state index contributed by atoms with van der Waals surface area (Å²) in [5.41, 5.74) is 0.860. The van der Waals surface area contributed by atoms with Crippen molar-refractivity contribution in [3.05, 3.63) is 35.9 Å². The molecular formula is C16H20N2O5. The first kappa shape index (κ1) is 16.8. The van der Waals surface area contributed by atoms with E-state index < -0.39 is 18.1 Å². The van der Waals surface area contributed by atoms with Crippen LogP contribution in [0.1, 0.15) is 18.4 Å². The molecule has 1 atom stereocenters. The number of ether oxygens (including phenoxy) is 2. The van der Waals surface area contributed by atoms with Gasteiger partial charge in [0, 0.05) is 6.54 Å². The molecule has 2 rings (SSSR count). The van der Waals surface area contributed by atoms with Gasteiger partial charge in [-0.3, -0.25) is 4.79 Å². The number of alkyl carbamates (subject to hydrolysis) is 1. The minimum absolute atomic E-state index is 0.134. The number of methoxy groups -OCH3 is 1. The van der Waals surface area contributed by atoms with Gasteiger partial charge in [0.15, 0.2) is 0 Å². The van der Waals surface area contributed by atoms with Crippen LogP contribution < -0.4 is 5.32 Å². The molecule has 2 amide bonds. The third-order valence-corrected chi connectivity index (χ3v) is 3.64. The average Bonchev–Trinajstić information content (AvgIpc) is 3.07. The van der Waals surface area contributed by atoms with Gasteiger partial charge in [-0.05, 0) is 18.4 Å². The van der Waals surface area contributed by atoms with Gasteiger partial charge in [-0.2, -0.15) is 0 Å². The Kier molecular flexibility index (Phi) is 5.96. The van der Waals surface area contributed by atoms with E-state index in [-0.39, 0.29) is 19.1 Å². The Morgan fingerprint density at radius 1 is 1.26 bits per heavy atom. The Labute approximate surface area is 134 Å². The molecule has 7 nitrogen and oxygen atoms in total. The minimum atomic E-state index is -0.670. The smallest absolute Gasteiger partial charge is 0.407 e. The van der Waals surface area contributed by atoms with Gasteiger partial charge in [0.25, 0.3) is 0 Å². The highest BCUT2D eigenvalue weighted by molar-refractivity contribution is 5.87. The Morgan fingerprint density at radius 2 is 2.00 bits per heavy atom. The number of carbonyl (C=O) groups excluding carboxylic acids is 3. The predicted octanol–water partition coefficient (Wildman–Crippen LogP) is 1.08. The Morgan fingerprint density at radius 3 is 2.70 bits per heavy atom. The lowest BCUT2D eigenvalue weighted by molar-refractivity contribution is -0.150. The van der Waals surface area contributed by atoms with E-state index >= 15 is 0 Å². The number of hydrogen-bond donors (Lipinski definition) is 1. The van der Waals surface area contributed by atoms with Crippen molar-refractivity contribution in [2.45, 2.75) is 25.5 Å². The van der Waals surface area contributed by atoms with Crippen LogP contribution in [-0.2, 0) is 25.7 Å². The first-order valence-electron chi connectivity index (χ1n) is 7.43. The molecule has 1 aliphatic heterocycles. The van der Waals surface area contributed by atoms with E-state index in [1.54, 1.807) is 0 Å². The molecule has 1 fully saturated rings. The molecular weight excluding hydrogens is 300 g/mol. The summed E-state index contributed by atoms with van der Waals surface area (Å²) in [7, 11) is 1.29. The van der Waals surface area contributed by atoms with Crippen LogP contribution in [0.3, 0.4) is 0 Å². The molecule has 1 saturated heterocycles. The molecule has 1 aromatic carbocycles. The fourth-order valence-electron chi connectivity index (χ4n) is 2.47. The minimum Gasteiger partial charge on any atom is -0.467 e. The van der Waals surface area contributed by atoms with Gasteiger partial charge in [0.2, 0.25) is 5.91 Å². The largest absolute Gasteiger partial charge is 0.467 e. The van der Waals surface area contributed by atoms with Crippen LogP contribution in [0.15, 0.2) is 30.3 Å². The van der Waals surface area contributed by atoms with Crippen molar-refractivity contribution in [3.8, 4) is 0 Å². The Hall–Kier alpha value is -2.57. The number of amides is 2. The second-order valence-corrected chi connectivity index (χ2v) is 5.18. The van der Waals surface area contributed by atoms with Crippen LogP contribution in [-0.4, -0.2) is 49.1 Å². The highest BCUT2D eigenvalue weighted by Crippen LogP contribution is 2.18. The second-order valence-electron chi connectivity index (χ2n) is 5.18. The van der Waals surface area contributed by atoms with Crippen molar-refractivity contribution < 1.29 is 23.9 Å². The van der Waals surface area contributed by atoms with Crippen LogP contribution in [0, 0.1) is 0 Å². The van der Waals surface area contributed by atoms with E-state index in [0.717, 1.165) is 12.0 Å². The number of carbonyl (C=O) groups is 3. The van der Waals surface area contributed by atoms with Crippen molar-refractivity contribution in [1.29, 1.82) is 0 Å². The van der Waals surface area contributed by atoms with Crippen molar-refractivity contribution in [2.75, 3.05) is 20.2 Å². The fourth-order valence-corrected chi connectivity index (χ4v) is 2.47. The standard InChI is InChI=1S/C16H20N2O5/c1-22-15(20)13-8-5-9-18(13)14(19)10-17-16(21)23-11-12-6-3-2-4-7-12/h2-4,6-7,13H,5,8-11H2,1H3,(H,17,21).